The van der Waals surface area contributed by atoms with Crippen molar-refractivity contribution in [2.45, 2.75) is 6.92 Å². The zero-order valence-corrected chi connectivity index (χ0v) is 15.7. The third-order valence-electron chi connectivity index (χ3n) is 4.36. The summed E-state index contributed by atoms with van der Waals surface area (Å²) < 4.78 is 6.83. The van der Waals surface area contributed by atoms with Crippen molar-refractivity contribution < 1.29 is 9.21 Å². The van der Waals surface area contributed by atoms with Crippen molar-refractivity contribution in [1.29, 1.82) is 0 Å². The van der Waals surface area contributed by atoms with Crippen LogP contribution in [0, 0.1) is 6.92 Å². The van der Waals surface area contributed by atoms with E-state index >= 15 is 0 Å². The maximum absolute atomic E-state index is 12.6. The van der Waals surface area contributed by atoms with Crippen molar-refractivity contribution in [3.05, 3.63) is 99.1 Å². The number of rotatable bonds is 4. The summed E-state index contributed by atoms with van der Waals surface area (Å²) in [6, 6.07) is 18.0. The van der Waals surface area contributed by atoms with Gasteiger partial charge in [-0.2, -0.15) is 5.10 Å². The van der Waals surface area contributed by atoms with E-state index < -0.39 is 11.4 Å². The molecule has 0 amide bonds. The van der Waals surface area contributed by atoms with Gasteiger partial charge in [0.2, 0.25) is 0 Å². The van der Waals surface area contributed by atoms with Crippen molar-refractivity contribution in [1.82, 2.24) is 9.78 Å². The lowest BCUT2D eigenvalue weighted by Gasteiger charge is -2.02. The molecule has 0 saturated heterocycles. The Labute approximate surface area is 165 Å². The van der Waals surface area contributed by atoms with Crippen molar-refractivity contribution in [2.24, 2.45) is 0 Å². The van der Waals surface area contributed by atoms with Crippen LogP contribution >= 0.6 is 11.6 Å². The first-order valence-electron chi connectivity index (χ1n) is 8.60. The number of hydrogen-bond acceptors (Lipinski definition) is 4. The minimum Gasteiger partial charge on any atom is -0.422 e. The highest BCUT2D eigenvalue weighted by Crippen LogP contribution is 2.25. The Morgan fingerprint density at radius 1 is 1.11 bits per heavy atom. The van der Waals surface area contributed by atoms with Gasteiger partial charge < -0.3 is 4.42 Å². The molecule has 0 aliphatic rings. The van der Waals surface area contributed by atoms with Crippen LogP contribution < -0.4 is 5.63 Å². The molecule has 0 saturated carbocycles. The molecule has 6 heteroatoms. The Kier molecular flexibility index (Phi) is 4.67. The number of fused-ring (bicyclic) bond motifs is 1. The molecule has 4 rings (SSSR count). The zero-order valence-electron chi connectivity index (χ0n) is 14.9. The molecule has 0 N–H and O–H groups in total. The van der Waals surface area contributed by atoms with Gasteiger partial charge in [-0.1, -0.05) is 48.0 Å². The normalized spacial score (nSPS) is 11.4. The molecule has 2 aromatic carbocycles. The summed E-state index contributed by atoms with van der Waals surface area (Å²) in [6.45, 7) is 1.81. The van der Waals surface area contributed by atoms with Gasteiger partial charge in [0.1, 0.15) is 16.3 Å². The molecule has 2 heterocycles. The quantitative estimate of drug-likeness (QED) is 0.284. The van der Waals surface area contributed by atoms with Gasteiger partial charge >= 0.3 is 5.63 Å². The van der Waals surface area contributed by atoms with E-state index in [9.17, 15) is 9.59 Å². The standard InChI is InChI=1S/C22H15ClN2O3/c1-14-17(21(23)25(24-14)16-8-3-2-4-9-16)11-12-19(26)18-13-15-7-5-6-10-20(15)28-22(18)27/h2-13H,1H3/b12-11+. The number of allylic oxidation sites excluding steroid dienone is 1. The van der Waals surface area contributed by atoms with Crippen molar-refractivity contribution in [2.75, 3.05) is 0 Å². The first-order chi connectivity index (χ1) is 13.5. The number of aromatic nitrogens is 2. The Balaban J connectivity index is 1.68. The summed E-state index contributed by atoms with van der Waals surface area (Å²) in [5.74, 6) is -0.456. The molecule has 138 valence electrons. The zero-order chi connectivity index (χ0) is 19.7. The maximum atomic E-state index is 12.6. The number of nitrogens with zero attached hydrogens (tertiary/aromatic N) is 2. The molecule has 0 spiro atoms. The molecule has 5 nitrogen and oxygen atoms in total. The molecule has 0 aliphatic carbocycles. The Hall–Kier alpha value is -3.44. The van der Waals surface area contributed by atoms with Gasteiger partial charge in [-0.05, 0) is 43.3 Å². The third-order valence-corrected chi connectivity index (χ3v) is 4.72. The van der Waals surface area contributed by atoms with Crippen LogP contribution in [-0.2, 0) is 0 Å². The molecule has 0 bridgehead atoms. The number of aryl methyl sites for hydroxylation is 1. The van der Waals surface area contributed by atoms with Gasteiger partial charge in [-0.3, -0.25) is 4.79 Å². The van der Waals surface area contributed by atoms with Crippen LogP contribution in [0.2, 0.25) is 5.15 Å². The van der Waals surface area contributed by atoms with E-state index in [4.69, 9.17) is 16.0 Å². The smallest absolute Gasteiger partial charge is 0.347 e. The molecule has 0 aliphatic heterocycles. The lowest BCUT2D eigenvalue weighted by Crippen LogP contribution is -2.11. The number of benzene rings is 2. The van der Waals surface area contributed by atoms with E-state index in [1.807, 2.05) is 36.4 Å². The van der Waals surface area contributed by atoms with Gasteiger partial charge in [-0.25, -0.2) is 9.48 Å². The number of hydrogen-bond donors (Lipinski definition) is 0. The average Bonchev–Trinajstić information content (AvgIpc) is 3.00. The molecule has 0 radical (unpaired) electrons. The Morgan fingerprint density at radius 2 is 1.82 bits per heavy atom. The van der Waals surface area contributed by atoms with E-state index in [-0.39, 0.29) is 5.56 Å². The molecule has 0 fully saturated rings. The monoisotopic (exact) mass is 390 g/mol. The predicted molar refractivity (Wildman–Crippen MR) is 109 cm³/mol. The van der Waals surface area contributed by atoms with E-state index in [2.05, 4.69) is 5.10 Å². The number of ketones is 1. The van der Waals surface area contributed by atoms with E-state index in [1.54, 1.807) is 35.9 Å². The van der Waals surface area contributed by atoms with E-state index in [0.29, 0.717) is 27.4 Å². The van der Waals surface area contributed by atoms with Crippen LogP contribution in [0.25, 0.3) is 22.7 Å². The Bertz CT molecular complexity index is 1270. The average molecular weight is 391 g/mol. The van der Waals surface area contributed by atoms with E-state index in [1.165, 1.54) is 12.1 Å². The number of para-hydroxylation sites is 2. The summed E-state index contributed by atoms with van der Waals surface area (Å²) in [4.78, 5) is 24.7. The second kappa shape index (κ2) is 7.29. The van der Waals surface area contributed by atoms with Gasteiger partial charge in [0, 0.05) is 10.9 Å². The molecule has 4 aromatic rings. The fraction of sp³-hybridized carbons (Fsp3) is 0.0455. The number of carbonyl (C=O) groups excluding carboxylic acids is 1. The first kappa shape index (κ1) is 17.9. The highest BCUT2D eigenvalue weighted by molar-refractivity contribution is 6.31. The first-order valence-corrected chi connectivity index (χ1v) is 8.98. The maximum Gasteiger partial charge on any atom is 0.347 e. The lowest BCUT2D eigenvalue weighted by molar-refractivity contribution is 0.104. The minimum atomic E-state index is -0.670. The van der Waals surface area contributed by atoms with Crippen LogP contribution in [0.15, 0.2) is 76.0 Å². The topological polar surface area (TPSA) is 65.1 Å². The molecule has 0 unspecified atom stereocenters. The summed E-state index contributed by atoms with van der Waals surface area (Å²) in [5.41, 5.74) is 1.84. The summed E-state index contributed by atoms with van der Waals surface area (Å²) in [5, 5.41) is 5.50. The Morgan fingerprint density at radius 3 is 2.61 bits per heavy atom. The summed E-state index contributed by atoms with van der Waals surface area (Å²) in [6.07, 6.45) is 2.88. The van der Waals surface area contributed by atoms with Crippen LogP contribution in [0.5, 0.6) is 0 Å². The van der Waals surface area contributed by atoms with Crippen molar-refractivity contribution >= 4 is 34.4 Å². The summed E-state index contributed by atoms with van der Waals surface area (Å²) in [7, 11) is 0. The molecule has 0 atom stereocenters. The van der Waals surface area contributed by atoms with Crippen LogP contribution in [-0.4, -0.2) is 15.6 Å². The van der Waals surface area contributed by atoms with Crippen LogP contribution in [0.4, 0.5) is 0 Å². The predicted octanol–water partition coefficient (Wildman–Crippen LogP) is 4.84. The van der Waals surface area contributed by atoms with Crippen molar-refractivity contribution in [3.8, 4) is 5.69 Å². The molecular weight excluding hydrogens is 376 g/mol. The molecule has 2 aromatic heterocycles. The van der Waals surface area contributed by atoms with Gasteiger partial charge in [0.05, 0.1) is 11.4 Å². The second-order valence-electron chi connectivity index (χ2n) is 6.22. The minimum absolute atomic E-state index is 0.0285. The van der Waals surface area contributed by atoms with Crippen LogP contribution in [0.3, 0.4) is 0 Å². The highest BCUT2D eigenvalue weighted by atomic mass is 35.5. The largest absolute Gasteiger partial charge is 0.422 e. The fourth-order valence-corrected chi connectivity index (χ4v) is 3.26. The number of halogens is 1. The van der Waals surface area contributed by atoms with Crippen LogP contribution in [0.1, 0.15) is 21.6 Å². The number of carbonyl (C=O) groups is 1. The fourth-order valence-electron chi connectivity index (χ4n) is 2.92. The molecule has 28 heavy (non-hydrogen) atoms. The highest BCUT2D eigenvalue weighted by Gasteiger charge is 2.15. The lowest BCUT2D eigenvalue weighted by atomic mass is 10.1. The second-order valence-corrected chi connectivity index (χ2v) is 6.58. The van der Waals surface area contributed by atoms with Crippen molar-refractivity contribution in [3.63, 3.8) is 0 Å². The van der Waals surface area contributed by atoms with Gasteiger partial charge in [0.25, 0.3) is 0 Å². The SMILES string of the molecule is Cc1nn(-c2ccccc2)c(Cl)c1/C=C/C(=O)c1cc2ccccc2oc1=O. The van der Waals surface area contributed by atoms with Gasteiger partial charge in [-0.15, -0.1) is 0 Å². The van der Waals surface area contributed by atoms with E-state index in [0.717, 1.165) is 5.69 Å². The molecular formula is C22H15ClN2O3. The summed E-state index contributed by atoms with van der Waals surface area (Å²) >= 11 is 6.46. The third kappa shape index (κ3) is 3.28. The van der Waals surface area contributed by atoms with Gasteiger partial charge in [0.15, 0.2) is 5.78 Å².